The normalized spacial score (nSPS) is 18.8. The van der Waals surface area contributed by atoms with Crippen molar-refractivity contribution in [1.82, 2.24) is 10.2 Å². The molecule has 1 saturated heterocycles. The molecule has 1 atom stereocenters. The second-order valence-corrected chi connectivity index (χ2v) is 15.5. The van der Waals surface area contributed by atoms with Crippen molar-refractivity contribution in [3.8, 4) is 11.1 Å². The average Bonchev–Trinajstić information content (AvgIpc) is 3.20. The van der Waals surface area contributed by atoms with Crippen molar-refractivity contribution in [3.05, 3.63) is 93.7 Å². The number of halogens is 2. The van der Waals surface area contributed by atoms with Crippen LogP contribution in [0.15, 0.2) is 71.3 Å². The van der Waals surface area contributed by atoms with E-state index in [4.69, 9.17) is 16.3 Å². The summed E-state index contributed by atoms with van der Waals surface area (Å²) < 4.78 is 30.0. The maximum absolute atomic E-state index is 13.3. The zero-order chi connectivity index (χ0) is 32.7. The standard InChI is InChI=1S/C35H39ClN2O6S.ClH/c1-22-16-28(24-8-6-9-26(17-24)45(5,42)43)29(36)18-27(22)31-32(40)35(44-33(31)41)14-7-15-38(21-35)20-30(39)37-19-23-10-12-25(13-11-23)34(2,3)4;/h6,8-13,16-18,40H,7,14-15,19-21H2,1-5H3,(H,37,39);1H. The predicted octanol–water partition coefficient (Wildman–Crippen LogP) is 6.42. The monoisotopic (exact) mass is 686 g/mol. The number of aryl methyl sites for hydroxylation is 1. The van der Waals surface area contributed by atoms with Crippen LogP contribution in [0.4, 0.5) is 0 Å². The Morgan fingerprint density at radius 1 is 1.09 bits per heavy atom. The first-order valence-corrected chi connectivity index (χ1v) is 17.2. The fraction of sp³-hybridized carbons (Fsp3) is 0.371. The van der Waals surface area contributed by atoms with Gasteiger partial charge in [-0.05, 0) is 83.8 Å². The minimum atomic E-state index is -3.42. The first kappa shape index (κ1) is 35.5. The van der Waals surface area contributed by atoms with Crippen LogP contribution in [-0.4, -0.2) is 61.8 Å². The zero-order valence-electron chi connectivity index (χ0n) is 26.6. The number of likely N-dealkylation sites (tertiary alicyclic amines) is 1. The molecule has 5 rings (SSSR count). The molecule has 1 spiro atoms. The number of hydrogen-bond donors (Lipinski definition) is 2. The van der Waals surface area contributed by atoms with Gasteiger partial charge in [-0.3, -0.25) is 9.69 Å². The summed E-state index contributed by atoms with van der Waals surface area (Å²) in [7, 11) is -3.42. The Morgan fingerprint density at radius 3 is 2.43 bits per heavy atom. The lowest BCUT2D eigenvalue weighted by molar-refractivity contribution is -0.152. The summed E-state index contributed by atoms with van der Waals surface area (Å²) in [5.74, 6) is -0.968. The molecule has 2 aliphatic heterocycles. The molecule has 2 N–H and O–H groups in total. The van der Waals surface area contributed by atoms with Crippen LogP contribution in [0.2, 0.25) is 5.02 Å². The summed E-state index contributed by atoms with van der Waals surface area (Å²) in [6.45, 7) is 9.59. The van der Waals surface area contributed by atoms with Crippen LogP contribution in [-0.2, 0) is 36.1 Å². The minimum Gasteiger partial charge on any atom is -0.507 e. The van der Waals surface area contributed by atoms with Gasteiger partial charge in [0, 0.05) is 29.9 Å². The zero-order valence-corrected chi connectivity index (χ0v) is 29.0. The average molecular weight is 688 g/mol. The number of carbonyl (C=O) groups is 2. The molecule has 46 heavy (non-hydrogen) atoms. The molecule has 2 heterocycles. The lowest BCUT2D eigenvalue weighted by Gasteiger charge is -2.38. The molecule has 3 aromatic rings. The molecular formula is C35H40Cl2N2O6S. The molecule has 0 aliphatic carbocycles. The van der Waals surface area contributed by atoms with Crippen molar-refractivity contribution in [2.75, 3.05) is 25.9 Å². The van der Waals surface area contributed by atoms with Crippen LogP contribution in [0.5, 0.6) is 0 Å². The number of sulfone groups is 1. The van der Waals surface area contributed by atoms with Gasteiger partial charge in [-0.2, -0.15) is 0 Å². The number of rotatable bonds is 7. The third-order valence-electron chi connectivity index (χ3n) is 8.53. The molecule has 0 aromatic heterocycles. The van der Waals surface area contributed by atoms with E-state index in [1.807, 2.05) is 17.0 Å². The number of carbonyl (C=O) groups excluding carboxylic acids is 2. The Balaban J connectivity index is 0.00000480. The summed E-state index contributed by atoms with van der Waals surface area (Å²) in [5, 5.41) is 14.8. The number of aliphatic hydroxyl groups is 1. The Kier molecular flexibility index (Phi) is 10.3. The summed E-state index contributed by atoms with van der Waals surface area (Å²) in [5.41, 5.74) is 3.40. The second-order valence-electron chi connectivity index (χ2n) is 13.1. The molecule has 8 nitrogen and oxygen atoms in total. The largest absolute Gasteiger partial charge is 0.507 e. The first-order chi connectivity index (χ1) is 21.1. The molecule has 0 saturated carbocycles. The van der Waals surface area contributed by atoms with E-state index in [9.17, 15) is 23.1 Å². The van der Waals surface area contributed by atoms with Crippen molar-refractivity contribution in [2.45, 2.75) is 63.0 Å². The highest BCUT2D eigenvalue weighted by molar-refractivity contribution is 7.90. The summed E-state index contributed by atoms with van der Waals surface area (Å²) >= 11 is 6.68. The number of aliphatic hydroxyl groups excluding tert-OH is 1. The second kappa shape index (κ2) is 13.4. The molecule has 1 fully saturated rings. The molecule has 11 heteroatoms. The van der Waals surface area contributed by atoms with Gasteiger partial charge < -0.3 is 15.2 Å². The SMILES string of the molecule is Cc1cc(-c2cccc(S(C)(=O)=O)c2)c(Cl)cc1C1=C(O)C2(CCCN(CC(=O)NCc3ccc(C(C)(C)C)cc3)C2)OC1=O.Cl. The topological polar surface area (TPSA) is 113 Å². The molecule has 0 radical (unpaired) electrons. The van der Waals surface area contributed by atoms with Gasteiger partial charge in [-0.15, -0.1) is 12.4 Å². The van der Waals surface area contributed by atoms with Gasteiger partial charge in [-0.1, -0.05) is 68.8 Å². The van der Waals surface area contributed by atoms with Crippen LogP contribution in [0.25, 0.3) is 16.7 Å². The maximum Gasteiger partial charge on any atom is 0.343 e. The van der Waals surface area contributed by atoms with Crippen molar-refractivity contribution >= 4 is 51.3 Å². The Morgan fingerprint density at radius 2 is 1.78 bits per heavy atom. The van der Waals surface area contributed by atoms with Gasteiger partial charge in [0.1, 0.15) is 5.57 Å². The van der Waals surface area contributed by atoms with Crippen LogP contribution in [0.3, 0.4) is 0 Å². The first-order valence-electron chi connectivity index (χ1n) is 14.9. The predicted molar refractivity (Wildman–Crippen MR) is 183 cm³/mol. The molecule has 1 amide bonds. The number of benzene rings is 3. The molecule has 2 aliphatic rings. The Labute approximate surface area is 282 Å². The van der Waals surface area contributed by atoms with E-state index >= 15 is 0 Å². The van der Waals surface area contributed by atoms with Crippen LogP contribution >= 0.6 is 24.0 Å². The fourth-order valence-corrected chi connectivity index (χ4v) is 6.95. The number of amides is 1. The summed E-state index contributed by atoms with van der Waals surface area (Å²) in [6, 6.07) is 18.1. The molecule has 0 bridgehead atoms. The van der Waals surface area contributed by atoms with Crippen LogP contribution in [0, 0.1) is 6.92 Å². The van der Waals surface area contributed by atoms with E-state index in [2.05, 4.69) is 38.2 Å². The number of hydrogen-bond acceptors (Lipinski definition) is 7. The quantitative estimate of drug-likeness (QED) is 0.276. The summed E-state index contributed by atoms with van der Waals surface area (Å²) in [6.07, 6.45) is 2.20. The van der Waals surface area contributed by atoms with Gasteiger partial charge in [0.2, 0.25) is 5.91 Å². The van der Waals surface area contributed by atoms with Gasteiger partial charge in [0.15, 0.2) is 21.2 Å². The van der Waals surface area contributed by atoms with Crippen molar-refractivity contribution in [3.63, 3.8) is 0 Å². The highest BCUT2D eigenvalue weighted by Crippen LogP contribution is 2.44. The fourth-order valence-electron chi connectivity index (χ4n) is 6.01. The van der Waals surface area contributed by atoms with Crippen LogP contribution in [0.1, 0.15) is 55.9 Å². The van der Waals surface area contributed by atoms with Crippen molar-refractivity contribution in [1.29, 1.82) is 0 Å². The maximum atomic E-state index is 13.3. The van der Waals surface area contributed by atoms with Gasteiger partial charge >= 0.3 is 5.97 Å². The van der Waals surface area contributed by atoms with Crippen LogP contribution < -0.4 is 5.32 Å². The smallest absolute Gasteiger partial charge is 0.343 e. The third kappa shape index (κ3) is 7.44. The van der Waals surface area contributed by atoms with E-state index < -0.39 is 21.4 Å². The molecular weight excluding hydrogens is 647 g/mol. The highest BCUT2D eigenvalue weighted by atomic mass is 35.5. The molecule has 1 unspecified atom stereocenters. The van der Waals surface area contributed by atoms with E-state index in [-0.39, 0.29) is 53.0 Å². The van der Waals surface area contributed by atoms with E-state index in [1.54, 1.807) is 37.3 Å². The van der Waals surface area contributed by atoms with E-state index in [1.165, 1.54) is 11.6 Å². The number of esters is 1. The van der Waals surface area contributed by atoms with E-state index in [0.717, 1.165) is 11.8 Å². The summed E-state index contributed by atoms with van der Waals surface area (Å²) in [4.78, 5) is 28.2. The van der Waals surface area contributed by atoms with E-state index in [0.29, 0.717) is 53.2 Å². The van der Waals surface area contributed by atoms with Gasteiger partial charge in [0.25, 0.3) is 0 Å². The highest BCUT2D eigenvalue weighted by Gasteiger charge is 2.51. The van der Waals surface area contributed by atoms with Crippen molar-refractivity contribution < 1.29 is 27.9 Å². The number of piperidine rings is 1. The molecule has 3 aromatic carbocycles. The minimum absolute atomic E-state index is 0. The molecule has 246 valence electrons. The number of nitrogens with one attached hydrogen (secondary N) is 1. The number of nitrogens with zero attached hydrogens (tertiary/aromatic N) is 1. The lowest BCUT2D eigenvalue weighted by Crippen LogP contribution is -2.52. The number of ether oxygens (including phenoxy) is 1. The Hall–Kier alpha value is -3.37. The van der Waals surface area contributed by atoms with Crippen molar-refractivity contribution in [2.24, 2.45) is 0 Å². The van der Waals surface area contributed by atoms with Gasteiger partial charge in [0.05, 0.1) is 11.4 Å². The Bertz CT molecular complexity index is 1800. The third-order valence-corrected chi connectivity index (χ3v) is 9.95. The van der Waals surface area contributed by atoms with Gasteiger partial charge in [-0.25, -0.2) is 13.2 Å². The lowest BCUT2D eigenvalue weighted by atomic mass is 9.87.